The molecule has 39 heavy (non-hydrogen) atoms. The first-order chi connectivity index (χ1) is 19.0. The van der Waals surface area contributed by atoms with Crippen molar-refractivity contribution in [3.05, 3.63) is 117 Å². The molecule has 5 rings (SSSR count). The molecule has 0 aliphatic heterocycles. The number of nitrogens with zero attached hydrogens (tertiary/aromatic N) is 3. The second-order valence-corrected chi connectivity index (χ2v) is 9.33. The van der Waals surface area contributed by atoms with Crippen molar-refractivity contribution in [1.29, 1.82) is 0 Å². The number of aromatic nitrogens is 2. The molecule has 1 aromatic heterocycles. The first-order valence-electron chi connectivity index (χ1n) is 12.0. The topological polar surface area (TPSA) is 94.8 Å². The predicted molar refractivity (Wildman–Crippen MR) is 156 cm³/mol. The monoisotopic (exact) mass is 582 g/mol. The van der Waals surface area contributed by atoms with Crippen LogP contribution in [0.1, 0.15) is 5.56 Å². The van der Waals surface area contributed by atoms with Gasteiger partial charge in [0.05, 0.1) is 24.2 Å². The molecular weight excluding hydrogens is 560 g/mol. The second kappa shape index (κ2) is 11.7. The molecule has 1 heterocycles. The van der Waals surface area contributed by atoms with E-state index in [1.807, 2.05) is 54.6 Å². The fourth-order valence-corrected chi connectivity index (χ4v) is 4.43. The number of carbonyl (C=O) groups is 1. The Bertz CT molecular complexity index is 1720. The molecule has 5 aromatic rings. The van der Waals surface area contributed by atoms with Crippen LogP contribution in [0.5, 0.6) is 11.5 Å². The molecule has 0 aliphatic rings. The Morgan fingerprint density at radius 1 is 1.00 bits per heavy atom. The first-order valence-corrected chi connectivity index (χ1v) is 12.8. The average Bonchev–Trinajstić information content (AvgIpc) is 2.96. The Labute approximate surface area is 232 Å². The molecule has 0 radical (unpaired) electrons. The Kier molecular flexibility index (Phi) is 7.79. The molecule has 8 nitrogen and oxygen atoms in total. The van der Waals surface area contributed by atoms with Crippen LogP contribution in [0.25, 0.3) is 22.3 Å². The number of fused-ring (bicyclic) bond motifs is 1. The van der Waals surface area contributed by atoms with Crippen molar-refractivity contribution in [3.8, 4) is 22.9 Å². The second-order valence-electron chi connectivity index (χ2n) is 8.41. The number of benzene rings is 4. The molecule has 9 heteroatoms. The minimum absolute atomic E-state index is 0.263. The normalized spacial score (nSPS) is 11.0. The molecule has 1 N–H and O–H groups in total. The molecule has 194 valence electrons. The summed E-state index contributed by atoms with van der Waals surface area (Å²) in [4.78, 5) is 30.8. The maximum atomic E-state index is 13.5. The highest BCUT2D eigenvalue weighted by atomic mass is 79.9. The third-order valence-corrected chi connectivity index (χ3v) is 6.23. The smallest absolute Gasteiger partial charge is 0.282 e. The molecule has 1 amide bonds. The van der Waals surface area contributed by atoms with E-state index in [1.54, 1.807) is 42.5 Å². The molecule has 0 saturated heterocycles. The first kappa shape index (κ1) is 25.9. The number of amides is 1. The highest BCUT2D eigenvalue weighted by molar-refractivity contribution is 9.10. The van der Waals surface area contributed by atoms with Crippen LogP contribution in [0.3, 0.4) is 0 Å². The van der Waals surface area contributed by atoms with E-state index in [4.69, 9.17) is 14.5 Å². The number of anilines is 1. The standard InChI is InChI=1S/C30H23BrN4O4/c1-38-26-17-22(31)16-21(28(26)39-19-27(36)33-23-12-6-3-7-13-23)18-32-35-29(20-10-4-2-5-11-20)34-25-15-9-8-14-24(25)30(35)37/h2-18H,19H2,1H3,(H,33,36). The molecule has 0 saturated carbocycles. The number of rotatable bonds is 8. The van der Waals surface area contributed by atoms with E-state index in [1.165, 1.54) is 18.0 Å². The van der Waals surface area contributed by atoms with Gasteiger partial charge in [0.15, 0.2) is 23.9 Å². The summed E-state index contributed by atoms with van der Waals surface area (Å²) in [7, 11) is 1.50. The number of hydrogen-bond acceptors (Lipinski definition) is 6. The Hall–Kier alpha value is -4.76. The number of carbonyl (C=O) groups excluding carboxylic acids is 1. The summed E-state index contributed by atoms with van der Waals surface area (Å²) in [5.74, 6) is 0.749. The van der Waals surface area contributed by atoms with Crippen molar-refractivity contribution in [2.75, 3.05) is 19.0 Å². The van der Waals surface area contributed by atoms with Gasteiger partial charge in [0, 0.05) is 21.3 Å². The van der Waals surface area contributed by atoms with Crippen molar-refractivity contribution in [2.45, 2.75) is 0 Å². The fraction of sp³-hybridized carbons (Fsp3) is 0.0667. The van der Waals surface area contributed by atoms with E-state index in [-0.39, 0.29) is 18.1 Å². The van der Waals surface area contributed by atoms with Gasteiger partial charge in [0.1, 0.15) is 0 Å². The van der Waals surface area contributed by atoms with Crippen molar-refractivity contribution < 1.29 is 14.3 Å². The third kappa shape index (κ3) is 5.89. The molecule has 4 aromatic carbocycles. The number of para-hydroxylation sites is 2. The van der Waals surface area contributed by atoms with Gasteiger partial charge in [-0.05, 0) is 36.4 Å². The SMILES string of the molecule is COc1cc(Br)cc(C=Nn2c(-c3ccccc3)nc3ccccc3c2=O)c1OCC(=O)Nc1ccccc1. The maximum Gasteiger partial charge on any atom is 0.282 e. The zero-order valence-corrected chi connectivity index (χ0v) is 22.5. The predicted octanol–water partition coefficient (Wildman–Crippen LogP) is 5.73. The third-order valence-electron chi connectivity index (χ3n) is 5.77. The number of hydrogen-bond donors (Lipinski definition) is 1. The largest absolute Gasteiger partial charge is 0.493 e. The fourth-order valence-electron chi connectivity index (χ4n) is 3.97. The maximum absolute atomic E-state index is 13.5. The average molecular weight is 583 g/mol. The van der Waals surface area contributed by atoms with Gasteiger partial charge < -0.3 is 14.8 Å². The van der Waals surface area contributed by atoms with Gasteiger partial charge in [-0.1, -0.05) is 76.6 Å². The molecular formula is C30H23BrN4O4. The summed E-state index contributed by atoms with van der Waals surface area (Å²) >= 11 is 3.48. The zero-order valence-electron chi connectivity index (χ0n) is 20.9. The van der Waals surface area contributed by atoms with Crippen LogP contribution in [-0.2, 0) is 4.79 Å². The summed E-state index contributed by atoms with van der Waals surface area (Å²) < 4.78 is 13.4. The number of nitrogens with one attached hydrogen (secondary N) is 1. The van der Waals surface area contributed by atoms with Crippen LogP contribution < -0.4 is 20.3 Å². The summed E-state index contributed by atoms with van der Waals surface area (Å²) in [5.41, 5.74) is 2.14. The van der Waals surface area contributed by atoms with Crippen molar-refractivity contribution in [2.24, 2.45) is 5.10 Å². The molecule has 0 bridgehead atoms. The van der Waals surface area contributed by atoms with Gasteiger partial charge in [-0.2, -0.15) is 9.78 Å². The molecule has 0 aliphatic carbocycles. The summed E-state index contributed by atoms with van der Waals surface area (Å²) in [6, 6.07) is 29.1. The Balaban J connectivity index is 1.53. The van der Waals surface area contributed by atoms with Crippen LogP contribution in [-0.4, -0.2) is 35.5 Å². The lowest BCUT2D eigenvalue weighted by molar-refractivity contribution is -0.118. The van der Waals surface area contributed by atoms with Gasteiger partial charge in [0.25, 0.3) is 11.5 Å². The highest BCUT2D eigenvalue weighted by Gasteiger charge is 2.16. The molecule has 0 unspecified atom stereocenters. The van der Waals surface area contributed by atoms with Gasteiger partial charge in [-0.15, -0.1) is 0 Å². The van der Waals surface area contributed by atoms with Gasteiger partial charge in [0.2, 0.25) is 0 Å². The lowest BCUT2D eigenvalue weighted by Crippen LogP contribution is -2.21. The Morgan fingerprint density at radius 2 is 1.69 bits per heavy atom. The number of methoxy groups -OCH3 is 1. The van der Waals surface area contributed by atoms with Crippen LogP contribution in [0.2, 0.25) is 0 Å². The van der Waals surface area contributed by atoms with Crippen LogP contribution in [0.4, 0.5) is 5.69 Å². The Morgan fingerprint density at radius 3 is 2.44 bits per heavy atom. The summed E-state index contributed by atoms with van der Waals surface area (Å²) in [6.07, 6.45) is 1.49. The molecule has 0 atom stereocenters. The van der Waals surface area contributed by atoms with Crippen molar-refractivity contribution >= 4 is 44.6 Å². The summed E-state index contributed by atoms with van der Waals surface area (Å²) in [6.45, 7) is -0.263. The lowest BCUT2D eigenvalue weighted by Gasteiger charge is -2.14. The van der Waals surface area contributed by atoms with E-state index in [0.29, 0.717) is 43.9 Å². The minimum Gasteiger partial charge on any atom is -0.493 e. The van der Waals surface area contributed by atoms with Crippen LogP contribution in [0.15, 0.2) is 111 Å². The number of ether oxygens (including phenoxy) is 2. The molecule has 0 fully saturated rings. The quantitative estimate of drug-likeness (QED) is 0.236. The highest BCUT2D eigenvalue weighted by Crippen LogP contribution is 2.34. The van der Waals surface area contributed by atoms with Crippen LogP contribution >= 0.6 is 15.9 Å². The lowest BCUT2D eigenvalue weighted by atomic mass is 10.2. The van der Waals surface area contributed by atoms with Gasteiger partial charge in [-0.25, -0.2) is 4.98 Å². The number of halogens is 1. The van der Waals surface area contributed by atoms with Crippen molar-refractivity contribution in [3.63, 3.8) is 0 Å². The van der Waals surface area contributed by atoms with Crippen molar-refractivity contribution in [1.82, 2.24) is 9.66 Å². The van der Waals surface area contributed by atoms with E-state index in [9.17, 15) is 9.59 Å². The van der Waals surface area contributed by atoms with Crippen LogP contribution in [0, 0.1) is 0 Å². The van der Waals surface area contributed by atoms with Gasteiger partial charge >= 0.3 is 0 Å². The van der Waals surface area contributed by atoms with Gasteiger partial charge in [-0.3, -0.25) is 9.59 Å². The van der Waals surface area contributed by atoms with E-state index in [0.717, 1.165) is 5.56 Å². The van der Waals surface area contributed by atoms with E-state index < -0.39 is 0 Å². The molecule has 0 spiro atoms. The minimum atomic E-state index is -0.338. The van der Waals surface area contributed by atoms with E-state index >= 15 is 0 Å². The summed E-state index contributed by atoms with van der Waals surface area (Å²) in [5, 5.41) is 7.76. The zero-order chi connectivity index (χ0) is 27.2. The van der Waals surface area contributed by atoms with E-state index in [2.05, 4.69) is 26.3 Å².